The molecule has 1 aliphatic heterocycles. The molecule has 0 bridgehead atoms. The zero-order chi connectivity index (χ0) is 16.6. The minimum atomic E-state index is -0.782. The Labute approximate surface area is 155 Å². The number of hydrogen-bond acceptors (Lipinski definition) is 3. The van der Waals surface area contributed by atoms with Crippen molar-refractivity contribution in [3.8, 4) is 0 Å². The Kier molecular flexibility index (Phi) is 5.48. The van der Waals surface area contributed by atoms with Gasteiger partial charge in [0.2, 0.25) is 0 Å². The number of hydrogen-bond donors (Lipinski definition) is 1. The number of carbonyl (C=O) groups is 1. The van der Waals surface area contributed by atoms with Crippen LogP contribution in [0.3, 0.4) is 0 Å². The lowest BCUT2D eigenvalue weighted by atomic mass is 9.75. The molecular weight excluding hydrogens is 421 g/mol. The number of likely N-dealkylation sites (N-methyl/N-ethyl adjacent to an activating group) is 1. The third-order valence-electron chi connectivity index (χ3n) is 5.30. The van der Waals surface area contributed by atoms with Crippen molar-refractivity contribution in [3.63, 3.8) is 0 Å². The predicted molar refractivity (Wildman–Crippen MR) is 104 cm³/mol. The maximum atomic E-state index is 11.6. The van der Waals surface area contributed by atoms with E-state index in [1.807, 2.05) is 0 Å². The van der Waals surface area contributed by atoms with Crippen LogP contribution in [-0.2, 0) is 0 Å². The number of rotatable bonds is 3. The normalized spacial score (nSPS) is 26.6. The molecule has 3 nitrogen and oxygen atoms in total. The van der Waals surface area contributed by atoms with Gasteiger partial charge in [-0.2, -0.15) is 0 Å². The van der Waals surface area contributed by atoms with Crippen molar-refractivity contribution in [1.82, 2.24) is 4.90 Å². The van der Waals surface area contributed by atoms with Crippen LogP contribution < -0.4 is 0 Å². The Bertz CT molecular complexity index is 629. The molecule has 0 saturated heterocycles. The molecule has 1 aromatic heterocycles. The zero-order valence-electron chi connectivity index (χ0n) is 13.8. The van der Waals surface area contributed by atoms with E-state index in [-0.39, 0.29) is 0 Å². The molecule has 2 heterocycles. The average molecular weight is 445 g/mol. The highest BCUT2D eigenvalue weighted by molar-refractivity contribution is 14.1. The van der Waals surface area contributed by atoms with Crippen LogP contribution in [0.25, 0.3) is 5.57 Å². The summed E-state index contributed by atoms with van der Waals surface area (Å²) in [5.74, 6) is 0.701. The fourth-order valence-electron chi connectivity index (χ4n) is 3.96. The molecule has 3 rings (SSSR count). The fourth-order valence-corrected chi connectivity index (χ4v) is 5.69. The summed E-state index contributed by atoms with van der Waals surface area (Å²) in [5, 5.41) is 9.57. The van der Waals surface area contributed by atoms with Crippen molar-refractivity contribution in [2.75, 3.05) is 20.1 Å². The highest BCUT2D eigenvalue weighted by atomic mass is 127. The largest absolute Gasteiger partial charge is 0.477 e. The number of aromatic carboxylic acids is 1. The summed E-state index contributed by atoms with van der Waals surface area (Å²) in [4.78, 5) is 14.5. The van der Waals surface area contributed by atoms with E-state index >= 15 is 0 Å². The Hall–Kier alpha value is -0.400. The highest BCUT2D eigenvalue weighted by Crippen LogP contribution is 2.41. The second kappa shape index (κ2) is 7.23. The second-order valence-corrected chi connectivity index (χ2v) is 9.99. The maximum absolute atomic E-state index is 11.6. The molecule has 5 heteroatoms. The van der Waals surface area contributed by atoms with Gasteiger partial charge in [-0.05, 0) is 77.9 Å². The fraction of sp³-hybridized carbons (Fsp3) is 0.611. The predicted octanol–water partition coefficient (Wildman–Crippen LogP) is 4.97. The number of nitrogens with zero attached hydrogens (tertiary/aromatic N) is 1. The van der Waals surface area contributed by atoms with Gasteiger partial charge in [0.15, 0.2) is 0 Å². The number of carboxylic acid groups (broad SMARTS) is 1. The molecule has 1 saturated carbocycles. The van der Waals surface area contributed by atoms with Gasteiger partial charge in [0, 0.05) is 18.7 Å². The van der Waals surface area contributed by atoms with Gasteiger partial charge in [0.05, 0.1) is 2.88 Å². The van der Waals surface area contributed by atoms with E-state index in [1.165, 1.54) is 48.2 Å². The molecule has 0 spiro atoms. The van der Waals surface area contributed by atoms with E-state index in [9.17, 15) is 9.90 Å². The third kappa shape index (κ3) is 3.82. The molecule has 0 aromatic carbocycles. The van der Waals surface area contributed by atoms with E-state index in [1.54, 1.807) is 0 Å². The van der Waals surface area contributed by atoms with Gasteiger partial charge < -0.3 is 10.0 Å². The van der Waals surface area contributed by atoms with Crippen molar-refractivity contribution in [1.29, 1.82) is 0 Å². The lowest BCUT2D eigenvalue weighted by Crippen LogP contribution is -2.31. The van der Waals surface area contributed by atoms with Crippen molar-refractivity contribution in [3.05, 3.63) is 25.0 Å². The van der Waals surface area contributed by atoms with Crippen molar-refractivity contribution >= 4 is 45.5 Å². The number of thiophene rings is 1. The third-order valence-corrected chi connectivity index (χ3v) is 7.18. The Balaban J connectivity index is 2.01. The molecule has 1 aliphatic carbocycles. The van der Waals surface area contributed by atoms with Crippen LogP contribution in [0.1, 0.15) is 54.3 Å². The Morgan fingerprint density at radius 3 is 2.70 bits per heavy atom. The summed E-state index contributed by atoms with van der Waals surface area (Å²) in [6, 6.07) is 2.08. The number of carboxylic acids is 1. The van der Waals surface area contributed by atoms with Gasteiger partial charge in [-0.15, -0.1) is 11.3 Å². The molecule has 2 aliphatic rings. The van der Waals surface area contributed by atoms with Gasteiger partial charge in [0.25, 0.3) is 0 Å². The molecule has 23 heavy (non-hydrogen) atoms. The minimum Gasteiger partial charge on any atom is -0.477 e. The summed E-state index contributed by atoms with van der Waals surface area (Å²) >= 11 is 3.65. The lowest BCUT2D eigenvalue weighted by Gasteiger charge is -2.35. The summed E-state index contributed by atoms with van der Waals surface area (Å²) < 4.78 is 1.07. The number of halogens is 1. The molecule has 0 unspecified atom stereocenters. The van der Waals surface area contributed by atoms with Gasteiger partial charge in [-0.25, -0.2) is 4.79 Å². The highest BCUT2D eigenvalue weighted by Gasteiger charge is 2.29. The van der Waals surface area contributed by atoms with Crippen LogP contribution in [-0.4, -0.2) is 36.1 Å². The molecule has 126 valence electrons. The van der Waals surface area contributed by atoms with E-state index in [0.717, 1.165) is 33.9 Å². The first kappa shape index (κ1) is 17.4. The molecule has 0 atom stereocenters. The first-order valence-corrected chi connectivity index (χ1v) is 10.3. The summed E-state index contributed by atoms with van der Waals surface area (Å²) in [6.07, 6.45) is 6.11. The van der Waals surface area contributed by atoms with E-state index in [4.69, 9.17) is 0 Å². The van der Waals surface area contributed by atoms with Crippen molar-refractivity contribution < 1.29 is 9.90 Å². The van der Waals surface area contributed by atoms with E-state index < -0.39 is 5.97 Å². The molecule has 1 N–H and O–H groups in total. The van der Waals surface area contributed by atoms with Crippen LogP contribution in [0, 0.1) is 14.7 Å². The SMILES string of the molecule is CC1CCC(C2=C(c3cc(I)sc3C(=O)O)CCN(C)C2)CC1. The molecule has 1 aromatic rings. The second-order valence-electron chi connectivity index (χ2n) is 7.05. The minimum absolute atomic E-state index is 0.524. The molecule has 0 radical (unpaired) electrons. The first-order valence-electron chi connectivity index (χ1n) is 8.39. The first-order chi connectivity index (χ1) is 11.0. The Morgan fingerprint density at radius 2 is 2.04 bits per heavy atom. The standard InChI is InChI=1S/C18H24INO2S/c1-11-3-5-12(6-4-11)15-10-20(2)8-7-13(15)14-9-16(19)23-17(14)18(21)22/h9,11-12H,3-8,10H2,1-2H3,(H,21,22). The summed E-state index contributed by atoms with van der Waals surface area (Å²) in [7, 11) is 2.18. The van der Waals surface area contributed by atoms with Crippen LogP contribution in [0.2, 0.25) is 0 Å². The van der Waals surface area contributed by atoms with Crippen LogP contribution in [0.15, 0.2) is 11.6 Å². The van der Waals surface area contributed by atoms with Gasteiger partial charge >= 0.3 is 5.97 Å². The zero-order valence-corrected chi connectivity index (χ0v) is 16.7. The molecule has 0 amide bonds. The van der Waals surface area contributed by atoms with Gasteiger partial charge in [0.1, 0.15) is 4.88 Å². The van der Waals surface area contributed by atoms with Crippen molar-refractivity contribution in [2.45, 2.75) is 39.0 Å². The molecule has 1 fully saturated rings. The maximum Gasteiger partial charge on any atom is 0.346 e. The van der Waals surface area contributed by atoms with Gasteiger partial charge in [-0.3, -0.25) is 0 Å². The van der Waals surface area contributed by atoms with Crippen molar-refractivity contribution in [2.24, 2.45) is 11.8 Å². The quantitative estimate of drug-likeness (QED) is 0.669. The van der Waals surface area contributed by atoms with Gasteiger partial charge in [-0.1, -0.05) is 19.8 Å². The lowest BCUT2D eigenvalue weighted by molar-refractivity contribution is 0.0702. The summed E-state index contributed by atoms with van der Waals surface area (Å²) in [5.41, 5.74) is 3.84. The molecular formula is C18H24INO2S. The van der Waals surface area contributed by atoms with Crippen LogP contribution in [0.5, 0.6) is 0 Å². The topological polar surface area (TPSA) is 40.5 Å². The van der Waals surface area contributed by atoms with Crippen LogP contribution in [0.4, 0.5) is 0 Å². The van der Waals surface area contributed by atoms with Crippen LogP contribution >= 0.6 is 33.9 Å². The summed E-state index contributed by atoms with van der Waals surface area (Å²) in [6.45, 7) is 4.37. The monoisotopic (exact) mass is 445 g/mol. The smallest absolute Gasteiger partial charge is 0.346 e. The average Bonchev–Trinajstić information content (AvgIpc) is 2.90. The Morgan fingerprint density at radius 1 is 1.35 bits per heavy atom. The van der Waals surface area contributed by atoms with E-state index in [0.29, 0.717) is 10.8 Å². The van der Waals surface area contributed by atoms with E-state index in [2.05, 4.69) is 47.5 Å².